The van der Waals surface area contributed by atoms with Crippen molar-refractivity contribution in [1.29, 1.82) is 5.26 Å². The summed E-state index contributed by atoms with van der Waals surface area (Å²) in [5.74, 6) is 0.104. The molecule has 0 bridgehead atoms. The van der Waals surface area contributed by atoms with E-state index in [9.17, 15) is 9.90 Å². The molecule has 0 unspecified atom stereocenters. The Kier molecular flexibility index (Phi) is 5.12. The van der Waals surface area contributed by atoms with Gasteiger partial charge in [0.05, 0.1) is 6.10 Å². The summed E-state index contributed by atoms with van der Waals surface area (Å²) < 4.78 is 5.06. The topological polar surface area (TPSA) is 98.0 Å². The van der Waals surface area contributed by atoms with Crippen molar-refractivity contribution in [3.8, 4) is 6.19 Å². The molecule has 0 saturated carbocycles. The van der Waals surface area contributed by atoms with Crippen LogP contribution in [0.25, 0.3) is 0 Å². The Morgan fingerprint density at radius 3 is 2.90 bits per heavy atom. The second kappa shape index (κ2) is 7.26. The fraction of sp³-hybridized carbons (Fsp3) is 0.357. The van der Waals surface area contributed by atoms with E-state index in [1.807, 2.05) is 30.3 Å². The number of carbonyl (C=O) groups is 1. The van der Waals surface area contributed by atoms with Gasteiger partial charge < -0.3 is 14.7 Å². The minimum atomic E-state index is -0.686. The molecule has 0 spiro atoms. The van der Waals surface area contributed by atoms with Gasteiger partial charge in [-0.1, -0.05) is 30.3 Å². The number of rotatable bonds is 2. The Bertz CT molecular complexity index is 553. The number of carbonyl (C=O) groups excluding carboxylic acids is 1. The van der Waals surface area contributed by atoms with Crippen molar-refractivity contribution in [3.05, 3.63) is 35.9 Å². The van der Waals surface area contributed by atoms with Gasteiger partial charge in [0.25, 0.3) is 0 Å². The van der Waals surface area contributed by atoms with Gasteiger partial charge in [-0.2, -0.15) is 5.26 Å². The number of amides is 1. The molecule has 1 aliphatic heterocycles. The zero-order chi connectivity index (χ0) is 15.1. The highest BCUT2D eigenvalue weighted by molar-refractivity contribution is 5.94. The molecule has 1 aromatic carbocycles. The maximum atomic E-state index is 11.7. The van der Waals surface area contributed by atoms with Crippen molar-refractivity contribution in [2.75, 3.05) is 13.1 Å². The zero-order valence-electron chi connectivity index (χ0n) is 11.4. The Balaban J connectivity index is 1.87. The molecule has 110 valence electrons. The molecule has 0 aliphatic carbocycles. The summed E-state index contributed by atoms with van der Waals surface area (Å²) in [6, 6.07) is 9.26. The Hall–Kier alpha value is -2.59. The number of nitriles is 1. The van der Waals surface area contributed by atoms with Crippen LogP contribution in [-0.2, 0) is 11.3 Å². The minimum Gasteiger partial charge on any atom is -0.444 e. The predicted octanol–water partition coefficient (Wildman–Crippen LogP) is 0.816. The van der Waals surface area contributed by atoms with Gasteiger partial charge in [0, 0.05) is 13.1 Å². The highest BCUT2D eigenvalue weighted by atomic mass is 16.5. The van der Waals surface area contributed by atoms with Crippen LogP contribution in [0.15, 0.2) is 35.3 Å². The first-order valence-corrected chi connectivity index (χ1v) is 6.56. The van der Waals surface area contributed by atoms with Crippen LogP contribution >= 0.6 is 0 Å². The van der Waals surface area contributed by atoms with E-state index in [0.29, 0.717) is 19.5 Å². The zero-order valence-corrected chi connectivity index (χ0v) is 11.4. The van der Waals surface area contributed by atoms with E-state index in [-0.39, 0.29) is 12.6 Å². The number of nitrogens with one attached hydrogen (secondary N) is 1. The predicted molar refractivity (Wildman–Crippen MR) is 75.0 cm³/mol. The lowest BCUT2D eigenvalue weighted by Gasteiger charge is -2.19. The number of aliphatic hydroxyl groups is 1. The minimum absolute atomic E-state index is 0.104. The van der Waals surface area contributed by atoms with Crippen molar-refractivity contribution in [1.82, 2.24) is 10.2 Å². The number of aliphatic imine (C=N–C) groups is 1. The second-order valence-electron chi connectivity index (χ2n) is 4.61. The summed E-state index contributed by atoms with van der Waals surface area (Å²) >= 11 is 0. The first kappa shape index (κ1) is 14.8. The number of hydrogen-bond acceptors (Lipinski definition) is 5. The summed E-state index contributed by atoms with van der Waals surface area (Å²) in [7, 11) is 0. The summed E-state index contributed by atoms with van der Waals surface area (Å²) in [6.07, 6.45) is 1.05. The van der Waals surface area contributed by atoms with Crippen molar-refractivity contribution >= 4 is 12.1 Å². The molecular formula is C14H16N4O3. The number of likely N-dealkylation sites (tertiary alicyclic amines) is 1. The Labute approximate surface area is 122 Å². The van der Waals surface area contributed by atoms with Gasteiger partial charge in [0.2, 0.25) is 12.2 Å². The van der Waals surface area contributed by atoms with Crippen molar-refractivity contribution in [2.45, 2.75) is 19.1 Å². The standard InChI is InChI=1S/C14H16N4O3/c15-10-16-13(18-7-6-12(19)8-18)17-14(20)21-9-11-4-2-1-3-5-11/h1-5,12,19H,6-9H2,(H,16,17,20)/t12-/m0/s1. The van der Waals surface area contributed by atoms with Crippen LogP contribution in [-0.4, -0.2) is 41.3 Å². The van der Waals surface area contributed by atoms with Crippen LogP contribution < -0.4 is 5.32 Å². The number of guanidine groups is 1. The smallest absolute Gasteiger partial charge is 0.414 e. The number of nitrogens with zero attached hydrogens (tertiary/aromatic N) is 3. The van der Waals surface area contributed by atoms with Gasteiger partial charge in [-0.3, -0.25) is 5.32 Å². The van der Waals surface area contributed by atoms with E-state index in [4.69, 9.17) is 10.00 Å². The highest BCUT2D eigenvalue weighted by Gasteiger charge is 2.24. The van der Waals surface area contributed by atoms with Crippen molar-refractivity contribution in [2.24, 2.45) is 4.99 Å². The average Bonchev–Trinajstić information content (AvgIpc) is 2.92. The van der Waals surface area contributed by atoms with Crippen molar-refractivity contribution < 1.29 is 14.6 Å². The third kappa shape index (κ3) is 4.47. The van der Waals surface area contributed by atoms with E-state index in [1.54, 1.807) is 11.1 Å². The molecule has 0 radical (unpaired) electrons. The monoisotopic (exact) mass is 288 g/mol. The van der Waals surface area contributed by atoms with Crippen LogP contribution in [0.1, 0.15) is 12.0 Å². The van der Waals surface area contributed by atoms with Crippen LogP contribution in [0.3, 0.4) is 0 Å². The molecule has 2 N–H and O–H groups in total. The number of ether oxygens (including phenoxy) is 1. The third-order valence-corrected chi connectivity index (χ3v) is 3.05. The molecule has 1 saturated heterocycles. The van der Waals surface area contributed by atoms with Gasteiger partial charge in [-0.05, 0) is 12.0 Å². The summed E-state index contributed by atoms with van der Waals surface area (Å²) in [4.78, 5) is 16.9. The molecule has 1 atom stereocenters. The van der Waals surface area contributed by atoms with Crippen LogP contribution in [0.5, 0.6) is 0 Å². The van der Waals surface area contributed by atoms with E-state index in [1.165, 1.54) is 0 Å². The second-order valence-corrected chi connectivity index (χ2v) is 4.61. The number of benzene rings is 1. The molecule has 1 fully saturated rings. The number of hydrogen-bond donors (Lipinski definition) is 2. The SMILES string of the molecule is N#C/N=C(/NC(=O)OCc1ccccc1)N1CC[C@H](O)C1. The molecule has 7 heteroatoms. The lowest BCUT2D eigenvalue weighted by molar-refractivity contribution is 0.143. The first-order valence-electron chi connectivity index (χ1n) is 6.56. The fourth-order valence-corrected chi connectivity index (χ4v) is 2.01. The van der Waals surface area contributed by atoms with E-state index in [0.717, 1.165) is 5.56 Å². The molecule has 1 aliphatic rings. The first-order chi connectivity index (χ1) is 10.2. The fourth-order valence-electron chi connectivity index (χ4n) is 2.01. The number of alkyl carbamates (subject to hydrolysis) is 1. The molecule has 2 rings (SSSR count). The average molecular weight is 288 g/mol. The van der Waals surface area contributed by atoms with E-state index >= 15 is 0 Å². The van der Waals surface area contributed by atoms with Gasteiger partial charge in [0.1, 0.15) is 6.61 Å². The van der Waals surface area contributed by atoms with Crippen molar-refractivity contribution in [3.63, 3.8) is 0 Å². The van der Waals surface area contributed by atoms with Gasteiger partial charge >= 0.3 is 6.09 Å². The number of β-amino-alcohol motifs (C(OH)–C–C–N with tert-alkyl or cyclic N) is 1. The number of aliphatic hydroxyl groups excluding tert-OH is 1. The third-order valence-electron chi connectivity index (χ3n) is 3.05. The van der Waals surface area contributed by atoms with Gasteiger partial charge in [0.15, 0.2) is 0 Å². The molecule has 1 heterocycles. The molecular weight excluding hydrogens is 272 g/mol. The van der Waals surface area contributed by atoms with Crippen LogP contribution in [0, 0.1) is 11.5 Å². The normalized spacial score (nSPS) is 18.2. The largest absolute Gasteiger partial charge is 0.444 e. The van der Waals surface area contributed by atoms with Gasteiger partial charge in [-0.15, -0.1) is 4.99 Å². The van der Waals surface area contributed by atoms with E-state index < -0.39 is 12.2 Å². The summed E-state index contributed by atoms with van der Waals surface area (Å²) in [5, 5.41) is 20.6. The molecule has 0 aromatic heterocycles. The Morgan fingerprint density at radius 1 is 1.52 bits per heavy atom. The highest BCUT2D eigenvalue weighted by Crippen LogP contribution is 2.09. The maximum Gasteiger partial charge on any atom is 0.414 e. The van der Waals surface area contributed by atoms with Crippen LogP contribution in [0.4, 0.5) is 4.79 Å². The maximum absolute atomic E-state index is 11.7. The van der Waals surface area contributed by atoms with Gasteiger partial charge in [-0.25, -0.2) is 4.79 Å². The van der Waals surface area contributed by atoms with E-state index in [2.05, 4.69) is 10.3 Å². The molecule has 7 nitrogen and oxygen atoms in total. The summed E-state index contributed by atoms with van der Waals surface area (Å²) in [6.45, 7) is 0.995. The lowest BCUT2D eigenvalue weighted by atomic mass is 10.2. The molecule has 1 aromatic rings. The van der Waals surface area contributed by atoms with Crippen LogP contribution in [0.2, 0.25) is 0 Å². The lowest BCUT2D eigenvalue weighted by Crippen LogP contribution is -2.43. The Morgan fingerprint density at radius 2 is 2.29 bits per heavy atom. The quantitative estimate of drug-likeness (QED) is 0.477. The molecule has 1 amide bonds. The molecule has 21 heavy (non-hydrogen) atoms. The summed E-state index contributed by atoms with van der Waals surface area (Å²) in [5.41, 5.74) is 0.864.